The molecule has 2 saturated carbocycles. The Labute approximate surface area is 157 Å². The summed E-state index contributed by atoms with van der Waals surface area (Å²) in [5.41, 5.74) is 0. The highest BCUT2D eigenvalue weighted by Gasteiger charge is 2.38. The number of piperazine rings is 1. The second kappa shape index (κ2) is 9.70. The number of carbonyl (C=O) groups is 2. The number of rotatable bonds is 7. The van der Waals surface area contributed by atoms with Gasteiger partial charge in [-0.05, 0) is 31.6 Å². The van der Waals surface area contributed by atoms with E-state index in [1.807, 2.05) is 4.90 Å². The predicted molar refractivity (Wildman–Crippen MR) is 101 cm³/mol. The van der Waals surface area contributed by atoms with Crippen molar-refractivity contribution in [3.05, 3.63) is 0 Å². The van der Waals surface area contributed by atoms with Crippen molar-refractivity contribution in [1.82, 2.24) is 15.1 Å². The maximum Gasteiger partial charge on any atom is 0.237 e. The molecule has 0 bridgehead atoms. The fraction of sp³-hybridized carbons (Fsp3) is 0.900. The van der Waals surface area contributed by atoms with E-state index in [-0.39, 0.29) is 17.9 Å². The molecule has 0 aromatic heterocycles. The number of nitrogens with zero attached hydrogens (tertiary/aromatic N) is 2. The van der Waals surface area contributed by atoms with Crippen LogP contribution < -0.4 is 5.32 Å². The molecule has 0 spiro atoms. The van der Waals surface area contributed by atoms with E-state index in [1.165, 1.54) is 25.7 Å². The van der Waals surface area contributed by atoms with Crippen LogP contribution in [0.4, 0.5) is 0 Å². The molecule has 1 N–H and O–H groups in total. The molecule has 3 rings (SSSR count). The lowest BCUT2D eigenvalue weighted by molar-refractivity contribution is -0.138. The van der Waals surface area contributed by atoms with Crippen LogP contribution >= 0.6 is 0 Å². The molecule has 3 fully saturated rings. The maximum absolute atomic E-state index is 12.8. The zero-order valence-electron chi connectivity index (χ0n) is 16.3. The summed E-state index contributed by atoms with van der Waals surface area (Å²) >= 11 is 0. The van der Waals surface area contributed by atoms with E-state index in [1.54, 1.807) is 7.11 Å². The number of ether oxygens (including phenoxy) is 1. The van der Waals surface area contributed by atoms with Crippen LogP contribution in [0.15, 0.2) is 0 Å². The van der Waals surface area contributed by atoms with Gasteiger partial charge in [-0.1, -0.05) is 25.7 Å². The van der Waals surface area contributed by atoms with Crippen LogP contribution in [-0.2, 0) is 14.3 Å². The summed E-state index contributed by atoms with van der Waals surface area (Å²) in [6.07, 6.45) is 9.26. The molecule has 2 aliphatic carbocycles. The Morgan fingerprint density at radius 1 is 1.00 bits per heavy atom. The summed E-state index contributed by atoms with van der Waals surface area (Å²) in [5.74, 6) is 1.20. The second-order valence-corrected chi connectivity index (χ2v) is 8.12. The van der Waals surface area contributed by atoms with Crippen LogP contribution in [-0.4, -0.2) is 74.1 Å². The topological polar surface area (TPSA) is 61.9 Å². The van der Waals surface area contributed by atoms with Crippen molar-refractivity contribution in [1.29, 1.82) is 0 Å². The first-order valence-corrected chi connectivity index (χ1v) is 10.5. The van der Waals surface area contributed by atoms with Crippen molar-refractivity contribution in [2.75, 3.05) is 46.4 Å². The Morgan fingerprint density at radius 2 is 1.62 bits per heavy atom. The molecule has 1 heterocycles. The molecule has 0 radical (unpaired) electrons. The molecule has 0 aromatic carbocycles. The summed E-state index contributed by atoms with van der Waals surface area (Å²) in [6.45, 7) is 4.29. The third-order valence-corrected chi connectivity index (χ3v) is 6.44. The van der Waals surface area contributed by atoms with E-state index in [9.17, 15) is 9.59 Å². The van der Waals surface area contributed by atoms with Gasteiger partial charge in [0.1, 0.15) is 0 Å². The number of hydrogen-bond acceptors (Lipinski definition) is 4. The third kappa shape index (κ3) is 4.77. The van der Waals surface area contributed by atoms with Crippen LogP contribution in [0.2, 0.25) is 0 Å². The molecular weight excluding hydrogens is 330 g/mol. The smallest absolute Gasteiger partial charge is 0.237 e. The van der Waals surface area contributed by atoms with E-state index >= 15 is 0 Å². The van der Waals surface area contributed by atoms with Crippen LogP contribution in [0.1, 0.15) is 51.4 Å². The lowest BCUT2D eigenvalue weighted by Gasteiger charge is -2.41. The van der Waals surface area contributed by atoms with Gasteiger partial charge in [0.25, 0.3) is 0 Å². The maximum atomic E-state index is 12.8. The lowest BCUT2D eigenvalue weighted by atomic mass is 9.94. The quantitative estimate of drug-likeness (QED) is 0.697. The van der Waals surface area contributed by atoms with Crippen LogP contribution in [0.3, 0.4) is 0 Å². The van der Waals surface area contributed by atoms with Crippen molar-refractivity contribution in [3.63, 3.8) is 0 Å². The molecule has 1 saturated heterocycles. The highest BCUT2D eigenvalue weighted by molar-refractivity contribution is 5.82. The highest BCUT2D eigenvalue weighted by atomic mass is 16.5. The van der Waals surface area contributed by atoms with Gasteiger partial charge < -0.3 is 15.0 Å². The standard InChI is InChI=1S/C20H35N3O3/c1-26-15-10-21-19(24)18(16-6-2-3-7-16)22-11-13-23(14-12-22)20(25)17-8-4-5-9-17/h16-18H,2-15H2,1H3,(H,21,24). The molecule has 1 atom stereocenters. The largest absolute Gasteiger partial charge is 0.383 e. The van der Waals surface area contributed by atoms with Crippen molar-refractivity contribution < 1.29 is 14.3 Å². The normalized spacial score (nSPS) is 24.1. The molecule has 6 heteroatoms. The number of carbonyl (C=O) groups excluding carboxylic acids is 2. The molecule has 0 aromatic rings. The number of nitrogens with one attached hydrogen (secondary N) is 1. The molecular formula is C20H35N3O3. The van der Waals surface area contributed by atoms with Gasteiger partial charge in [-0.15, -0.1) is 0 Å². The summed E-state index contributed by atoms with van der Waals surface area (Å²) < 4.78 is 5.06. The zero-order valence-corrected chi connectivity index (χ0v) is 16.3. The summed E-state index contributed by atoms with van der Waals surface area (Å²) in [5, 5.41) is 3.05. The van der Waals surface area contributed by atoms with Crippen LogP contribution in [0, 0.1) is 11.8 Å². The molecule has 6 nitrogen and oxygen atoms in total. The van der Waals surface area contributed by atoms with Crippen LogP contribution in [0.25, 0.3) is 0 Å². The molecule has 2 amide bonds. The van der Waals surface area contributed by atoms with E-state index in [2.05, 4.69) is 10.2 Å². The average molecular weight is 366 g/mol. The number of methoxy groups -OCH3 is 1. The van der Waals surface area contributed by atoms with E-state index in [0.29, 0.717) is 25.0 Å². The monoisotopic (exact) mass is 365 g/mol. The Kier molecular flexibility index (Phi) is 7.32. The van der Waals surface area contributed by atoms with Gasteiger partial charge in [-0.3, -0.25) is 14.5 Å². The average Bonchev–Trinajstić information content (AvgIpc) is 3.36. The third-order valence-electron chi connectivity index (χ3n) is 6.44. The summed E-state index contributed by atoms with van der Waals surface area (Å²) in [4.78, 5) is 29.9. The first-order valence-electron chi connectivity index (χ1n) is 10.5. The Balaban J connectivity index is 1.55. The Bertz CT molecular complexity index is 465. The van der Waals surface area contributed by atoms with Gasteiger partial charge >= 0.3 is 0 Å². The van der Waals surface area contributed by atoms with Crippen molar-refractivity contribution in [3.8, 4) is 0 Å². The Hall–Kier alpha value is -1.14. The summed E-state index contributed by atoms with van der Waals surface area (Å²) in [6, 6.07) is -0.0434. The number of hydrogen-bond donors (Lipinski definition) is 1. The van der Waals surface area contributed by atoms with Crippen molar-refractivity contribution >= 4 is 11.8 Å². The van der Waals surface area contributed by atoms with Crippen molar-refractivity contribution in [2.45, 2.75) is 57.4 Å². The first kappa shape index (κ1) is 19.6. The second-order valence-electron chi connectivity index (χ2n) is 8.12. The molecule has 1 unspecified atom stereocenters. The minimum absolute atomic E-state index is 0.0434. The Morgan fingerprint density at radius 3 is 2.23 bits per heavy atom. The van der Waals surface area contributed by atoms with Gasteiger partial charge in [0, 0.05) is 45.8 Å². The van der Waals surface area contributed by atoms with Gasteiger partial charge in [0.15, 0.2) is 0 Å². The fourth-order valence-corrected chi connectivity index (χ4v) is 4.98. The number of amides is 2. The summed E-state index contributed by atoms with van der Waals surface area (Å²) in [7, 11) is 1.65. The van der Waals surface area contributed by atoms with Gasteiger partial charge in [-0.2, -0.15) is 0 Å². The molecule has 1 aliphatic heterocycles. The van der Waals surface area contributed by atoms with Crippen molar-refractivity contribution in [2.24, 2.45) is 11.8 Å². The van der Waals surface area contributed by atoms with Crippen LogP contribution in [0.5, 0.6) is 0 Å². The van der Waals surface area contributed by atoms with Gasteiger partial charge in [-0.25, -0.2) is 0 Å². The van der Waals surface area contributed by atoms with E-state index < -0.39 is 0 Å². The highest BCUT2D eigenvalue weighted by Crippen LogP contribution is 2.32. The lowest BCUT2D eigenvalue weighted by Crippen LogP contribution is -2.58. The minimum Gasteiger partial charge on any atom is -0.383 e. The van der Waals surface area contributed by atoms with E-state index in [4.69, 9.17) is 4.74 Å². The van der Waals surface area contributed by atoms with Gasteiger partial charge in [0.2, 0.25) is 11.8 Å². The molecule has 148 valence electrons. The van der Waals surface area contributed by atoms with E-state index in [0.717, 1.165) is 51.9 Å². The zero-order chi connectivity index (χ0) is 18.4. The first-order chi connectivity index (χ1) is 12.7. The molecule has 26 heavy (non-hydrogen) atoms. The fourth-order valence-electron chi connectivity index (χ4n) is 4.98. The van der Waals surface area contributed by atoms with Gasteiger partial charge in [0.05, 0.1) is 12.6 Å². The SMILES string of the molecule is COCCNC(=O)C(C1CCCC1)N1CCN(C(=O)C2CCCC2)CC1. The molecule has 3 aliphatic rings. The predicted octanol–water partition coefficient (Wildman–Crippen LogP) is 1.64. The minimum atomic E-state index is -0.0434.